The molecule has 0 aliphatic carbocycles. The Balaban J connectivity index is 1.55. The first-order valence-corrected chi connectivity index (χ1v) is 9.86. The van der Waals surface area contributed by atoms with Gasteiger partial charge in [-0.15, -0.1) is 11.8 Å². The van der Waals surface area contributed by atoms with Crippen molar-refractivity contribution in [2.45, 2.75) is 50.3 Å². The van der Waals surface area contributed by atoms with Gasteiger partial charge in [0.05, 0.1) is 4.87 Å². The summed E-state index contributed by atoms with van der Waals surface area (Å²) in [5, 5.41) is 3.27. The quantitative estimate of drug-likeness (QED) is 0.773. The number of esters is 1. The third kappa shape index (κ3) is 3.69. The van der Waals surface area contributed by atoms with E-state index in [0.717, 1.165) is 12.0 Å². The van der Waals surface area contributed by atoms with Crippen LogP contribution < -0.4 is 5.32 Å². The molecular weight excluding hydrogens is 376 g/mol. The predicted octanol–water partition coefficient (Wildman–Crippen LogP) is 2.34. The fraction of sp³-hybridized carbons (Fsp3) is 0.500. The number of benzene rings is 1. The zero-order chi connectivity index (χ0) is 18.9. The lowest BCUT2D eigenvalue weighted by molar-refractivity contribution is -0.161. The maximum absolute atomic E-state index is 12.5. The number of halogens is 1. The van der Waals surface area contributed by atoms with Gasteiger partial charge in [-0.3, -0.25) is 9.59 Å². The normalized spacial score (nSPS) is 25.7. The van der Waals surface area contributed by atoms with Crippen LogP contribution >= 0.6 is 23.4 Å². The third-order valence-electron chi connectivity index (χ3n) is 4.79. The molecule has 0 radical (unpaired) electrons. The lowest BCUT2D eigenvalue weighted by atomic mass is 10.2. The lowest BCUT2D eigenvalue weighted by Crippen LogP contribution is -2.48. The number of thioether (sulfide) groups is 1. The highest BCUT2D eigenvalue weighted by Crippen LogP contribution is 2.47. The zero-order valence-electron chi connectivity index (χ0n) is 14.7. The first-order valence-electron chi connectivity index (χ1n) is 8.49. The molecule has 26 heavy (non-hydrogen) atoms. The van der Waals surface area contributed by atoms with Crippen LogP contribution in [0.25, 0.3) is 0 Å². The highest BCUT2D eigenvalue weighted by atomic mass is 35.5. The van der Waals surface area contributed by atoms with Crippen molar-refractivity contribution in [1.82, 2.24) is 10.2 Å². The van der Waals surface area contributed by atoms with Crippen molar-refractivity contribution in [3.8, 4) is 0 Å². The molecule has 3 atom stereocenters. The van der Waals surface area contributed by atoms with Crippen LogP contribution in [0.4, 0.5) is 0 Å². The molecule has 2 saturated heterocycles. The summed E-state index contributed by atoms with van der Waals surface area (Å²) in [6, 6.07) is 6.58. The van der Waals surface area contributed by atoms with Gasteiger partial charge in [-0.25, -0.2) is 4.79 Å². The second-order valence-corrected chi connectivity index (χ2v) is 8.56. The molecule has 2 fully saturated rings. The van der Waals surface area contributed by atoms with Crippen molar-refractivity contribution >= 4 is 41.1 Å². The summed E-state index contributed by atoms with van der Waals surface area (Å²) in [4.78, 5) is 38.1. The third-order valence-corrected chi connectivity index (χ3v) is 6.66. The van der Waals surface area contributed by atoms with Gasteiger partial charge in [-0.2, -0.15) is 0 Å². The molecule has 2 aliphatic rings. The summed E-state index contributed by atoms with van der Waals surface area (Å²) in [6.45, 7) is 3.74. The molecular formula is C18H21ClN2O4S. The van der Waals surface area contributed by atoms with Crippen LogP contribution in [0, 0.1) is 0 Å². The van der Waals surface area contributed by atoms with E-state index in [1.54, 1.807) is 22.7 Å². The molecule has 8 heteroatoms. The Bertz CT molecular complexity index is 744. The molecule has 1 aromatic rings. The number of carbonyl (C=O) groups is 3. The number of hydrogen-bond donors (Lipinski definition) is 1. The first kappa shape index (κ1) is 19.0. The van der Waals surface area contributed by atoms with Crippen molar-refractivity contribution in [3.05, 3.63) is 34.9 Å². The van der Waals surface area contributed by atoms with Crippen LogP contribution in [0.1, 0.15) is 32.3 Å². The average molecular weight is 397 g/mol. The molecule has 6 nitrogen and oxygen atoms in total. The average Bonchev–Trinajstić information content (AvgIpc) is 3.10. The number of rotatable bonds is 5. The van der Waals surface area contributed by atoms with E-state index in [4.69, 9.17) is 16.3 Å². The minimum absolute atomic E-state index is 0.0322. The van der Waals surface area contributed by atoms with Crippen molar-refractivity contribution in [1.29, 1.82) is 0 Å². The molecule has 0 saturated carbocycles. The van der Waals surface area contributed by atoms with Gasteiger partial charge in [-0.1, -0.05) is 29.8 Å². The first-order chi connectivity index (χ1) is 12.3. The Morgan fingerprint density at radius 3 is 2.92 bits per heavy atom. The molecule has 2 amide bonds. The van der Waals surface area contributed by atoms with E-state index in [1.165, 1.54) is 6.92 Å². The SMILES string of the molecule is C[C@@H](OC(=O)[C@@H]1CS[C@@]2(C)CCC(=O)N12)C(=O)NCc1ccccc1Cl. The van der Waals surface area contributed by atoms with Gasteiger partial charge in [0.2, 0.25) is 5.91 Å². The van der Waals surface area contributed by atoms with E-state index in [1.807, 2.05) is 25.1 Å². The smallest absolute Gasteiger partial charge is 0.330 e. The monoisotopic (exact) mass is 396 g/mol. The fourth-order valence-corrected chi connectivity index (χ4v) is 4.89. The van der Waals surface area contributed by atoms with E-state index in [9.17, 15) is 14.4 Å². The molecule has 2 aliphatic heterocycles. The van der Waals surface area contributed by atoms with Crippen LogP contribution in [0.3, 0.4) is 0 Å². The number of carbonyl (C=O) groups excluding carboxylic acids is 3. The topological polar surface area (TPSA) is 75.7 Å². The van der Waals surface area contributed by atoms with Crippen molar-refractivity contribution in [2.24, 2.45) is 0 Å². The fourth-order valence-electron chi connectivity index (χ4n) is 3.27. The minimum atomic E-state index is -0.945. The molecule has 0 bridgehead atoms. The van der Waals surface area contributed by atoms with E-state index in [0.29, 0.717) is 17.2 Å². The molecule has 0 aromatic heterocycles. The van der Waals surface area contributed by atoms with Gasteiger partial charge in [0, 0.05) is 23.7 Å². The van der Waals surface area contributed by atoms with Crippen molar-refractivity contribution in [3.63, 3.8) is 0 Å². The number of nitrogens with zero attached hydrogens (tertiary/aromatic N) is 1. The van der Waals surface area contributed by atoms with Gasteiger partial charge in [0.15, 0.2) is 6.10 Å². The van der Waals surface area contributed by atoms with E-state index in [-0.39, 0.29) is 17.3 Å². The Morgan fingerprint density at radius 1 is 1.46 bits per heavy atom. The number of nitrogens with one attached hydrogen (secondary N) is 1. The highest BCUT2D eigenvalue weighted by Gasteiger charge is 2.53. The van der Waals surface area contributed by atoms with E-state index >= 15 is 0 Å². The summed E-state index contributed by atoms with van der Waals surface area (Å²) in [5.41, 5.74) is 0.784. The molecule has 1 N–H and O–H groups in total. The Morgan fingerprint density at radius 2 is 2.19 bits per heavy atom. The summed E-state index contributed by atoms with van der Waals surface area (Å²) in [7, 11) is 0. The van der Waals surface area contributed by atoms with Crippen LogP contribution in [-0.4, -0.2) is 45.5 Å². The summed E-state index contributed by atoms with van der Waals surface area (Å²) < 4.78 is 5.33. The van der Waals surface area contributed by atoms with Gasteiger partial charge in [0.25, 0.3) is 5.91 Å². The second-order valence-electron chi connectivity index (χ2n) is 6.65. The highest BCUT2D eigenvalue weighted by molar-refractivity contribution is 8.01. The standard InChI is InChI=1S/C18H21ClN2O4S/c1-11(16(23)20-9-12-5-3-4-6-13(12)19)25-17(24)14-10-26-18(2)8-7-15(22)21(14)18/h3-6,11,14H,7-10H2,1-2H3,(H,20,23)/t11-,14+,18+/m1/s1. The second kappa shape index (κ2) is 7.48. The molecule has 0 spiro atoms. The van der Waals surface area contributed by atoms with Gasteiger partial charge in [0.1, 0.15) is 6.04 Å². The van der Waals surface area contributed by atoms with Crippen molar-refractivity contribution in [2.75, 3.05) is 5.75 Å². The number of ether oxygens (including phenoxy) is 1. The maximum atomic E-state index is 12.5. The molecule has 3 rings (SSSR count). The molecule has 140 valence electrons. The largest absolute Gasteiger partial charge is 0.451 e. The maximum Gasteiger partial charge on any atom is 0.330 e. The van der Waals surface area contributed by atoms with Crippen LogP contribution in [0.5, 0.6) is 0 Å². The molecule has 1 aromatic carbocycles. The Kier molecular flexibility index (Phi) is 5.48. The van der Waals surface area contributed by atoms with Crippen LogP contribution in [0.2, 0.25) is 5.02 Å². The summed E-state index contributed by atoms with van der Waals surface area (Å²) in [6.07, 6.45) is 0.231. The van der Waals surface area contributed by atoms with E-state index < -0.39 is 24.0 Å². The van der Waals surface area contributed by atoms with Gasteiger partial charge < -0.3 is 15.0 Å². The Hall–Kier alpha value is -1.73. The van der Waals surface area contributed by atoms with Crippen LogP contribution in [0.15, 0.2) is 24.3 Å². The summed E-state index contributed by atoms with van der Waals surface area (Å²) in [5.74, 6) is -0.471. The van der Waals surface area contributed by atoms with E-state index in [2.05, 4.69) is 5.32 Å². The van der Waals surface area contributed by atoms with Gasteiger partial charge >= 0.3 is 5.97 Å². The van der Waals surface area contributed by atoms with Crippen molar-refractivity contribution < 1.29 is 19.1 Å². The van der Waals surface area contributed by atoms with Crippen LogP contribution in [-0.2, 0) is 25.7 Å². The molecule has 2 heterocycles. The predicted molar refractivity (Wildman–Crippen MR) is 99.6 cm³/mol. The minimum Gasteiger partial charge on any atom is -0.451 e. The zero-order valence-corrected chi connectivity index (χ0v) is 16.2. The van der Waals surface area contributed by atoms with Gasteiger partial charge in [-0.05, 0) is 31.9 Å². The number of hydrogen-bond acceptors (Lipinski definition) is 5. The molecule has 0 unspecified atom stereocenters. The number of fused-ring (bicyclic) bond motifs is 1. The lowest BCUT2D eigenvalue weighted by Gasteiger charge is -2.29. The number of amides is 2. The Labute approximate surface area is 161 Å². The summed E-state index contributed by atoms with van der Waals surface area (Å²) >= 11 is 7.65.